The zero-order valence-electron chi connectivity index (χ0n) is 18.4. The number of rotatable bonds is 6. The lowest BCUT2D eigenvalue weighted by Crippen LogP contribution is -2.18. The first-order chi connectivity index (χ1) is 16.6. The minimum absolute atomic E-state index is 0.230. The molecule has 2 aromatic carbocycles. The van der Waals surface area contributed by atoms with Crippen LogP contribution in [-0.4, -0.2) is 34.5 Å². The first-order valence-corrected chi connectivity index (χ1v) is 12.2. The average Bonchev–Trinajstić information content (AvgIpc) is 3.49. The molecule has 0 spiro atoms. The molecule has 8 heteroatoms. The van der Waals surface area contributed by atoms with Crippen LogP contribution in [0.3, 0.4) is 0 Å². The van der Waals surface area contributed by atoms with E-state index >= 15 is 0 Å². The topological polar surface area (TPSA) is 50.3 Å². The standard InChI is InChI=1S/C26H22ClFN4OS/c27-22-14-20(8-9-24(22)33-16-18-5-3-6-19(28)13-18)31-26-25-23(29-17-30-26)15-21(34-25)7-4-12-32-10-1-2-11-32/h3,5-6,8-9,13-15,17H,1-2,10-12,16H2,(H,29,30,31). The van der Waals surface area contributed by atoms with Gasteiger partial charge in [-0.25, -0.2) is 14.4 Å². The van der Waals surface area contributed by atoms with E-state index in [1.807, 2.05) is 12.1 Å². The molecule has 1 saturated heterocycles. The van der Waals surface area contributed by atoms with Crippen molar-refractivity contribution in [3.05, 3.63) is 76.1 Å². The second-order valence-electron chi connectivity index (χ2n) is 8.02. The summed E-state index contributed by atoms with van der Waals surface area (Å²) in [5, 5.41) is 3.77. The third-order valence-corrected chi connectivity index (χ3v) is 6.84. The number of nitrogens with one attached hydrogen (secondary N) is 1. The van der Waals surface area contributed by atoms with Crippen molar-refractivity contribution < 1.29 is 9.13 Å². The molecule has 0 atom stereocenters. The molecule has 0 aliphatic carbocycles. The molecule has 5 nitrogen and oxygen atoms in total. The maximum absolute atomic E-state index is 13.4. The van der Waals surface area contributed by atoms with Gasteiger partial charge in [0.1, 0.15) is 24.5 Å². The Labute approximate surface area is 206 Å². The van der Waals surface area contributed by atoms with Crippen LogP contribution >= 0.6 is 22.9 Å². The summed E-state index contributed by atoms with van der Waals surface area (Å²) in [5.41, 5.74) is 2.37. The molecule has 0 saturated carbocycles. The molecule has 0 amide bonds. The van der Waals surface area contributed by atoms with E-state index in [2.05, 4.69) is 32.0 Å². The Morgan fingerprint density at radius 1 is 1.12 bits per heavy atom. The predicted octanol–water partition coefficient (Wildman–Crippen LogP) is 6.25. The van der Waals surface area contributed by atoms with E-state index in [4.69, 9.17) is 16.3 Å². The summed E-state index contributed by atoms with van der Waals surface area (Å²) in [4.78, 5) is 12.2. The fourth-order valence-corrected chi connectivity index (χ4v) is 4.97. The monoisotopic (exact) mass is 492 g/mol. The molecule has 4 aromatic rings. The summed E-state index contributed by atoms with van der Waals surface area (Å²) in [5.74, 6) is 7.48. The van der Waals surface area contributed by atoms with Gasteiger partial charge in [0.25, 0.3) is 0 Å². The van der Waals surface area contributed by atoms with Crippen LogP contribution in [0.4, 0.5) is 15.9 Å². The van der Waals surface area contributed by atoms with Crippen molar-refractivity contribution in [2.75, 3.05) is 25.0 Å². The van der Waals surface area contributed by atoms with Gasteiger partial charge >= 0.3 is 0 Å². The van der Waals surface area contributed by atoms with Gasteiger partial charge in [-0.15, -0.1) is 11.3 Å². The molecule has 1 aliphatic rings. The van der Waals surface area contributed by atoms with Gasteiger partial charge in [0.05, 0.1) is 26.7 Å². The zero-order valence-corrected chi connectivity index (χ0v) is 19.9. The number of aromatic nitrogens is 2. The molecule has 1 fully saturated rings. The smallest absolute Gasteiger partial charge is 0.151 e. The summed E-state index contributed by atoms with van der Waals surface area (Å²) >= 11 is 8.01. The largest absolute Gasteiger partial charge is 0.487 e. The Morgan fingerprint density at radius 2 is 2.00 bits per heavy atom. The Bertz CT molecular complexity index is 1370. The van der Waals surface area contributed by atoms with Crippen molar-refractivity contribution >= 4 is 44.7 Å². The van der Waals surface area contributed by atoms with Gasteiger partial charge in [0, 0.05) is 5.69 Å². The molecule has 3 heterocycles. The molecule has 0 bridgehead atoms. The van der Waals surface area contributed by atoms with E-state index < -0.39 is 0 Å². The summed E-state index contributed by atoms with van der Waals surface area (Å²) in [6.45, 7) is 3.31. The van der Waals surface area contributed by atoms with Crippen LogP contribution in [0.15, 0.2) is 54.9 Å². The average molecular weight is 493 g/mol. The van der Waals surface area contributed by atoms with Crippen molar-refractivity contribution in [3.63, 3.8) is 0 Å². The molecular formula is C26H22ClFN4OS. The van der Waals surface area contributed by atoms with Crippen molar-refractivity contribution in [3.8, 4) is 17.6 Å². The molecular weight excluding hydrogens is 471 g/mol. The Hall–Kier alpha value is -3.18. The van der Waals surface area contributed by atoms with E-state index in [9.17, 15) is 4.39 Å². The van der Waals surface area contributed by atoms with Crippen molar-refractivity contribution in [1.29, 1.82) is 0 Å². The Kier molecular flexibility index (Phi) is 6.91. The number of halogens is 2. The van der Waals surface area contributed by atoms with Crippen molar-refractivity contribution in [1.82, 2.24) is 14.9 Å². The van der Waals surface area contributed by atoms with Crippen LogP contribution in [0, 0.1) is 17.7 Å². The number of thiophene rings is 1. The van der Waals surface area contributed by atoms with E-state index in [-0.39, 0.29) is 12.4 Å². The van der Waals surface area contributed by atoms with Crippen LogP contribution in [0.2, 0.25) is 5.02 Å². The van der Waals surface area contributed by atoms with Gasteiger partial charge in [0.15, 0.2) is 5.82 Å². The van der Waals surface area contributed by atoms with Gasteiger partial charge in [-0.1, -0.05) is 35.6 Å². The lowest BCUT2D eigenvalue weighted by atomic mass is 10.2. The number of nitrogens with zero attached hydrogens (tertiary/aromatic N) is 3. The molecule has 172 valence electrons. The normalized spacial score (nSPS) is 13.6. The Balaban J connectivity index is 1.28. The van der Waals surface area contributed by atoms with Crippen molar-refractivity contribution in [2.45, 2.75) is 19.4 Å². The maximum Gasteiger partial charge on any atom is 0.151 e. The minimum Gasteiger partial charge on any atom is -0.487 e. The highest BCUT2D eigenvalue weighted by Crippen LogP contribution is 2.33. The first-order valence-electron chi connectivity index (χ1n) is 11.0. The number of anilines is 2. The van der Waals surface area contributed by atoms with Crippen LogP contribution in [0.25, 0.3) is 10.2 Å². The lowest BCUT2D eigenvalue weighted by molar-refractivity contribution is 0.306. The third-order valence-electron chi connectivity index (χ3n) is 5.50. The summed E-state index contributed by atoms with van der Waals surface area (Å²) < 4.78 is 20.1. The van der Waals surface area contributed by atoms with Crippen LogP contribution < -0.4 is 10.1 Å². The minimum atomic E-state index is -0.294. The molecule has 5 rings (SSSR count). The zero-order chi connectivity index (χ0) is 23.3. The molecule has 0 radical (unpaired) electrons. The second-order valence-corrected chi connectivity index (χ2v) is 9.48. The van der Waals surface area contributed by atoms with Gasteiger partial charge in [-0.2, -0.15) is 0 Å². The van der Waals surface area contributed by atoms with Crippen LogP contribution in [0.5, 0.6) is 5.75 Å². The van der Waals surface area contributed by atoms with E-state index in [1.54, 1.807) is 35.6 Å². The quantitative estimate of drug-likeness (QED) is 0.322. The SMILES string of the molecule is Fc1cccc(COc2ccc(Nc3ncnc4cc(C#CCN5CCCC5)sc34)cc2Cl)c1. The number of fused-ring (bicyclic) bond motifs is 1. The van der Waals surface area contributed by atoms with E-state index in [0.29, 0.717) is 16.6 Å². The summed E-state index contributed by atoms with van der Waals surface area (Å²) in [7, 11) is 0. The molecule has 1 N–H and O–H groups in total. The van der Waals surface area contributed by atoms with Gasteiger partial charge in [-0.05, 0) is 67.9 Å². The molecule has 2 aromatic heterocycles. The van der Waals surface area contributed by atoms with Crippen LogP contribution in [-0.2, 0) is 6.61 Å². The van der Waals surface area contributed by atoms with Gasteiger partial charge < -0.3 is 10.1 Å². The number of hydrogen-bond donors (Lipinski definition) is 1. The van der Waals surface area contributed by atoms with Crippen LogP contribution in [0.1, 0.15) is 23.3 Å². The summed E-state index contributed by atoms with van der Waals surface area (Å²) in [6.07, 6.45) is 4.07. The highest BCUT2D eigenvalue weighted by molar-refractivity contribution is 7.20. The van der Waals surface area contributed by atoms with E-state index in [1.165, 1.54) is 31.3 Å². The fourth-order valence-electron chi connectivity index (χ4n) is 3.80. The highest BCUT2D eigenvalue weighted by Gasteiger charge is 2.11. The van der Waals surface area contributed by atoms with Gasteiger partial charge in [-0.3, -0.25) is 4.90 Å². The van der Waals surface area contributed by atoms with Gasteiger partial charge in [0.2, 0.25) is 0 Å². The fraction of sp³-hybridized carbons (Fsp3) is 0.231. The first kappa shape index (κ1) is 22.6. The third kappa shape index (κ3) is 5.48. The van der Waals surface area contributed by atoms with E-state index in [0.717, 1.165) is 46.0 Å². The predicted molar refractivity (Wildman–Crippen MR) is 135 cm³/mol. The summed E-state index contributed by atoms with van der Waals surface area (Å²) in [6, 6.07) is 13.7. The Morgan fingerprint density at radius 3 is 2.82 bits per heavy atom. The molecule has 1 aliphatic heterocycles. The number of benzene rings is 2. The van der Waals surface area contributed by atoms with Crippen molar-refractivity contribution in [2.24, 2.45) is 0 Å². The number of hydrogen-bond acceptors (Lipinski definition) is 6. The lowest BCUT2D eigenvalue weighted by Gasteiger charge is -2.11. The maximum atomic E-state index is 13.4. The number of likely N-dealkylation sites (tertiary alicyclic amines) is 1. The second kappa shape index (κ2) is 10.4. The highest BCUT2D eigenvalue weighted by atomic mass is 35.5. The molecule has 0 unspecified atom stereocenters. The molecule has 34 heavy (non-hydrogen) atoms. The number of ether oxygens (including phenoxy) is 1.